The van der Waals surface area contributed by atoms with Crippen molar-refractivity contribution >= 4 is 38.9 Å². The average molecular weight is 386 g/mol. The fourth-order valence-corrected chi connectivity index (χ4v) is 4.33. The average Bonchev–Trinajstić information content (AvgIpc) is 2.92. The number of fused-ring (bicyclic) bond motifs is 1. The lowest BCUT2D eigenvalue weighted by Gasteiger charge is -2.22. The van der Waals surface area contributed by atoms with Crippen molar-refractivity contribution in [2.75, 3.05) is 6.54 Å². The summed E-state index contributed by atoms with van der Waals surface area (Å²) in [7, 11) is 0. The number of thiazole rings is 1. The predicted molar refractivity (Wildman–Crippen MR) is 94.2 cm³/mol. The molecule has 112 valence electrons. The molecule has 1 heterocycles. The van der Waals surface area contributed by atoms with Crippen molar-refractivity contribution in [3.8, 4) is 10.6 Å². The zero-order chi connectivity index (χ0) is 14.8. The van der Waals surface area contributed by atoms with Crippen LogP contribution in [0, 0.1) is 0 Å². The van der Waals surface area contributed by atoms with Crippen LogP contribution in [0.4, 0.5) is 0 Å². The van der Waals surface area contributed by atoms with Gasteiger partial charge in [-0.15, -0.1) is 11.3 Å². The lowest BCUT2D eigenvalue weighted by molar-refractivity contribution is 0.465. The summed E-state index contributed by atoms with van der Waals surface area (Å²) in [6, 6.07) is 6.54. The first kappa shape index (κ1) is 15.5. The molecule has 5 heteroatoms. The van der Waals surface area contributed by atoms with Crippen LogP contribution >= 0.6 is 38.9 Å². The van der Waals surface area contributed by atoms with Crippen molar-refractivity contribution in [3.63, 3.8) is 0 Å². The largest absolute Gasteiger partial charge is 0.309 e. The Labute approximate surface area is 143 Å². The molecule has 21 heavy (non-hydrogen) atoms. The highest BCUT2D eigenvalue weighted by Crippen LogP contribution is 2.39. The van der Waals surface area contributed by atoms with Gasteiger partial charge in [0.1, 0.15) is 5.01 Å². The van der Waals surface area contributed by atoms with E-state index in [1.807, 2.05) is 23.5 Å². The van der Waals surface area contributed by atoms with Gasteiger partial charge in [0.2, 0.25) is 0 Å². The number of aryl methyl sites for hydroxylation is 1. The van der Waals surface area contributed by atoms with Crippen molar-refractivity contribution in [1.29, 1.82) is 0 Å². The van der Waals surface area contributed by atoms with E-state index >= 15 is 0 Å². The first-order chi connectivity index (χ1) is 10.2. The summed E-state index contributed by atoms with van der Waals surface area (Å²) < 4.78 is 0.928. The van der Waals surface area contributed by atoms with Gasteiger partial charge in [0.25, 0.3) is 0 Å². The molecule has 1 N–H and O–H groups in total. The second kappa shape index (κ2) is 6.78. The smallest absolute Gasteiger partial charge is 0.123 e. The number of halogens is 2. The Hall–Kier alpha value is -0.420. The van der Waals surface area contributed by atoms with Crippen LogP contribution in [-0.2, 0) is 6.42 Å². The van der Waals surface area contributed by atoms with E-state index in [1.54, 1.807) is 0 Å². The predicted octanol–water partition coefficient (Wildman–Crippen LogP) is 5.60. The number of benzene rings is 1. The highest BCUT2D eigenvalue weighted by atomic mass is 79.9. The van der Waals surface area contributed by atoms with Crippen LogP contribution in [-0.4, -0.2) is 11.5 Å². The number of rotatable bonds is 4. The van der Waals surface area contributed by atoms with Gasteiger partial charge in [-0.1, -0.05) is 24.6 Å². The minimum Gasteiger partial charge on any atom is -0.309 e. The molecule has 0 saturated heterocycles. The molecule has 1 atom stereocenters. The van der Waals surface area contributed by atoms with Gasteiger partial charge in [0.15, 0.2) is 0 Å². The van der Waals surface area contributed by atoms with Crippen LogP contribution < -0.4 is 5.32 Å². The first-order valence-corrected chi connectivity index (χ1v) is 9.36. The standard InChI is InChI=1S/C16H18BrClN2S/c1-2-8-19-13-4-3-5-14-15(13)21-16(20-14)10-6-7-11(17)12(18)9-10/h6-7,9,13,19H,2-5,8H2,1H3. The maximum absolute atomic E-state index is 6.21. The molecule has 0 aliphatic heterocycles. The Morgan fingerprint density at radius 3 is 3.10 bits per heavy atom. The summed E-state index contributed by atoms with van der Waals surface area (Å²) in [6.45, 7) is 3.28. The molecular formula is C16H18BrClN2S. The van der Waals surface area contributed by atoms with Gasteiger partial charge in [0.05, 0.1) is 10.7 Å². The van der Waals surface area contributed by atoms with E-state index in [0.717, 1.165) is 33.0 Å². The molecule has 2 aromatic rings. The molecule has 2 nitrogen and oxygen atoms in total. The number of hydrogen-bond acceptors (Lipinski definition) is 3. The Morgan fingerprint density at radius 1 is 1.48 bits per heavy atom. The van der Waals surface area contributed by atoms with Crippen LogP contribution in [0.5, 0.6) is 0 Å². The van der Waals surface area contributed by atoms with Crippen molar-refractivity contribution in [3.05, 3.63) is 38.3 Å². The van der Waals surface area contributed by atoms with Crippen LogP contribution in [0.3, 0.4) is 0 Å². The monoisotopic (exact) mass is 384 g/mol. The fourth-order valence-electron chi connectivity index (χ4n) is 2.69. The zero-order valence-electron chi connectivity index (χ0n) is 12.0. The molecular weight excluding hydrogens is 368 g/mol. The maximum atomic E-state index is 6.21. The third kappa shape index (κ3) is 3.34. The molecule has 0 radical (unpaired) electrons. The van der Waals surface area contributed by atoms with Gasteiger partial charge < -0.3 is 5.32 Å². The van der Waals surface area contributed by atoms with Crippen molar-refractivity contribution in [2.45, 2.75) is 38.6 Å². The SMILES string of the molecule is CCCNC1CCCc2nc(-c3ccc(Br)c(Cl)c3)sc21. The molecule has 0 bridgehead atoms. The van der Waals surface area contributed by atoms with Gasteiger partial charge >= 0.3 is 0 Å². The van der Waals surface area contributed by atoms with Crippen molar-refractivity contribution < 1.29 is 0 Å². The number of aromatic nitrogens is 1. The molecule has 0 fully saturated rings. The van der Waals surface area contributed by atoms with E-state index in [-0.39, 0.29) is 0 Å². The fraction of sp³-hybridized carbons (Fsp3) is 0.438. The van der Waals surface area contributed by atoms with Gasteiger partial charge in [-0.25, -0.2) is 4.98 Å². The lowest BCUT2D eigenvalue weighted by atomic mass is 9.98. The van der Waals surface area contributed by atoms with E-state index in [2.05, 4.69) is 34.2 Å². The second-order valence-electron chi connectivity index (χ2n) is 5.36. The summed E-state index contributed by atoms with van der Waals surface area (Å²) >= 11 is 11.5. The zero-order valence-corrected chi connectivity index (χ0v) is 15.1. The number of hydrogen-bond donors (Lipinski definition) is 1. The maximum Gasteiger partial charge on any atom is 0.123 e. The molecule has 1 aromatic heterocycles. The van der Waals surface area contributed by atoms with E-state index in [1.165, 1.54) is 29.8 Å². The van der Waals surface area contributed by atoms with Gasteiger partial charge in [0, 0.05) is 21.0 Å². The minimum atomic E-state index is 0.478. The minimum absolute atomic E-state index is 0.478. The van der Waals surface area contributed by atoms with E-state index < -0.39 is 0 Å². The van der Waals surface area contributed by atoms with E-state index in [4.69, 9.17) is 16.6 Å². The van der Waals surface area contributed by atoms with E-state index in [9.17, 15) is 0 Å². The van der Waals surface area contributed by atoms with Gasteiger partial charge in [-0.05, 0) is 60.3 Å². The number of nitrogens with one attached hydrogen (secondary N) is 1. The molecule has 0 saturated carbocycles. The Bertz CT molecular complexity index is 641. The van der Waals surface area contributed by atoms with Crippen molar-refractivity contribution in [1.82, 2.24) is 10.3 Å². The summed E-state index contributed by atoms with van der Waals surface area (Å²) in [4.78, 5) is 6.27. The second-order valence-corrected chi connectivity index (χ2v) is 7.65. The van der Waals surface area contributed by atoms with Crippen LogP contribution in [0.2, 0.25) is 5.02 Å². The van der Waals surface area contributed by atoms with Gasteiger partial charge in [-0.3, -0.25) is 0 Å². The molecule has 0 amide bonds. The highest BCUT2D eigenvalue weighted by molar-refractivity contribution is 9.10. The lowest BCUT2D eigenvalue weighted by Crippen LogP contribution is -2.24. The van der Waals surface area contributed by atoms with Crippen molar-refractivity contribution in [2.24, 2.45) is 0 Å². The summed E-state index contributed by atoms with van der Waals surface area (Å²) in [5, 5.41) is 5.47. The van der Waals surface area contributed by atoms with Crippen LogP contribution in [0.25, 0.3) is 10.6 Å². The third-order valence-electron chi connectivity index (χ3n) is 3.76. The highest BCUT2D eigenvalue weighted by Gasteiger charge is 2.24. The molecule has 1 aliphatic rings. The normalized spacial score (nSPS) is 17.8. The molecule has 0 spiro atoms. The summed E-state index contributed by atoms with van der Waals surface area (Å²) in [5.74, 6) is 0. The Kier molecular flexibility index (Phi) is 4.99. The molecule has 1 aliphatic carbocycles. The first-order valence-electron chi connectivity index (χ1n) is 7.37. The van der Waals surface area contributed by atoms with E-state index in [0.29, 0.717) is 6.04 Å². The Balaban J connectivity index is 1.91. The molecule has 1 unspecified atom stereocenters. The molecule has 1 aromatic carbocycles. The molecule has 3 rings (SSSR count). The Morgan fingerprint density at radius 2 is 2.33 bits per heavy atom. The summed E-state index contributed by atoms with van der Waals surface area (Å²) in [5.41, 5.74) is 2.38. The summed E-state index contributed by atoms with van der Waals surface area (Å²) in [6.07, 6.45) is 4.70. The number of nitrogens with zero attached hydrogens (tertiary/aromatic N) is 1. The van der Waals surface area contributed by atoms with Crippen LogP contribution in [0.1, 0.15) is 42.8 Å². The van der Waals surface area contributed by atoms with Crippen LogP contribution in [0.15, 0.2) is 22.7 Å². The third-order valence-corrected chi connectivity index (χ3v) is 6.25. The topological polar surface area (TPSA) is 24.9 Å². The quantitative estimate of drug-likeness (QED) is 0.740. The van der Waals surface area contributed by atoms with Gasteiger partial charge in [-0.2, -0.15) is 0 Å².